The summed E-state index contributed by atoms with van der Waals surface area (Å²) in [5, 5.41) is 5.26. The Bertz CT molecular complexity index is 852. The molecule has 140 valence electrons. The molecule has 0 unspecified atom stereocenters. The molecular weight excluding hydrogens is 357 g/mol. The third-order valence-corrected chi connectivity index (χ3v) is 4.94. The summed E-state index contributed by atoms with van der Waals surface area (Å²) >= 11 is 0. The van der Waals surface area contributed by atoms with E-state index in [1.54, 1.807) is 38.1 Å². The van der Waals surface area contributed by atoms with Crippen LogP contribution in [0.5, 0.6) is 0 Å². The van der Waals surface area contributed by atoms with Gasteiger partial charge in [0.25, 0.3) is 0 Å². The number of halogens is 1. The highest BCUT2D eigenvalue weighted by molar-refractivity contribution is 7.88. The van der Waals surface area contributed by atoms with E-state index in [0.29, 0.717) is 16.8 Å². The van der Waals surface area contributed by atoms with Crippen molar-refractivity contribution in [3.05, 3.63) is 65.5 Å². The fourth-order valence-corrected chi connectivity index (χ4v) is 3.85. The Morgan fingerprint density at radius 3 is 2.27 bits per heavy atom. The quantitative estimate of drug-likeness (QED) is 0.691. The van der Waals surface area contributed by atoms with E-state index in [9.17, 15) is 17.6 Å². The van der Waals surface area contributed by atoms with E-state index < -0.39 is 16.1 Å². The third kappa shape index (κ3) is 6.45. The van der Waals surface area contributed by atoms with Gasteiger partial charge >= 0.3 is 6.03 Å². The molecule has 2 aromatic carbocycles. The van der Waals surface area contributed by atoms with Crippen LogP contribution < -0.4 is 15.4 Å². The van der Waals surface area contributed by atoms with Crippen LogP contribution in [0, 0.1) is 5.82 Å². The minimum Gasteiger partial charge on any atom is -0.334 e. The number of nitrogens with one attached hydrogen (secondary N) is 3. The Balaban J connectivity index is 1.99. The Labute approximate surface area is 152 Å². The molecule has 2 amide bonds. The highest BCUT2D eigenvalue weighted by atomic mass is 32.2. The maximum Gasteiger partial charge on any atom is 0.319 e. The number of benzene rings is 2. The molecule has 3 N–H and O–H groups in total. The van der Waals surface area contributed by atoms with Gasteiger partial charge < -0.3 is 10.6 Å². The summed E-state index contributed by atoms with van der Waals surface area (Å²) in [6, 6.07) is 11.8. The smallest absolute Gasteiger partial charge is 0.319 e. The van der Waals surface area contributed by atoms with Crippen molar-refractivity contribution in [2.45, 2.75) is 32.2 Å². The summed E-state index contributed by atoms with van der Waals surface area (Å²) in [5.41, 5.74) is 1.78. The van der Waals surface area contributed by atoms with Crippen LogP contribution in [0.4, 0.5) is 14.9 Å². The van der Waals surface area contributed by atoms with E-state index in [2.05, 4.69) is 15.4 Å². The van der Waals surface area contributed by atoms with E-state index in [4.69, 9.17) is 0 Å². The Kier molecular flexibility index (Phi) is 6.70. The van der Waals surface area contributed by atoms with Gasteiger partial charge in [-0.1, -0.05) is 24.3 Å². The minimum absolute atomic E-state index is 0.164. The van der Waals surface area contributed by atoms with Crippen molar-refractivity contribution < 1.29 is 17.6 Å². The molecular formula is C18H22FN3O3S. The fraction of sp³-hybridized carbons (Fsp3) is 0.278. The molecule has 0 bridgehead atoms. The molecule has 2 aromatic rings. The molecule has 0 spiro atoms. The predicted molar refractivity (Wildman–Crippen MR) is 99.6 cm³/mol. The molecule has 0 aliphatic carbocycles. The highest BCUT2D eigenvalue weighted by Crippen LogP contribution is 2.13. The van der Waals surface area contributed by atoms with Crippen LogP contribution in [0.25, 0.3) is 0 Å². The molecule has 0 saturated heterocycles. The summed E-state index contributed by atoms with van der Waals surface area (Å²) in [6.07, 6.45) is 0. The van der Waals surface area contributed by atoms with Gasteiger partial charge in [-0.15, -0.1) is 0 Å². The predicted octanol–water partition coefficient (Wildman–Crippen LogP) is 2.98. The van der Waals surface area contributed by atoms with E-state index in [1.165, 1.54) is 24.3 Å². The number of urea groups is 1. The van der Waals surface area contributed by atoms with Crippen LogP contribution in [0.15, 0.2) is 48.5 Å². The second kappa shape index (κ2) is 8.77. The third-order valence-electron chi connectivity index (χ3n) is 3.42. The lowest BCUT2D eigenvalue weighted by molar-refractivity contribution is 0.251. The summed E-state index contributed by atoms with van der Waals surface area (Å²) < 4.78 is 39.7. The van der Waals surface area contributed by atoms with Gasteiger partial charge in [-0.25, -0.2) is 22.3 Å². The number of hydrogen-bond acceptors (Lipinski definition) is 3. The largest absolute Gasteiger partial charge is 0.334 e. The fourth-order valence-electron chi connectivity index (χ4n) is 2.36. The molecule has 0 atom stereocenters. The first-order chi connectivity index (χ1) is 12.2. The lowest BCUT2D eigenvalue weighted by Gasteiger charge is -2.13. The van der Waals surface area contributed by atoms with Gasteiger partial charge in [0.1, 0.15) is 5.82 Å². The van der Waals surface area contributed by atoms with Gasteiger partial charge in [0.05, 0.1) is 5.75 Å². The molecule has 0 heterocycles. The molecule has 0 radical (unpaired) electrons. The first-order valence-electron chi connectivity index (χ1n) is 8.12. The Hall–Kier alpha value is -2.45. The zero-order valence-electron chi connectivity index (χ0n) is 14.6. The minimum atomic E-state index is -3.46. The molecule has 0 aliphatic heterocycles. The molecule has 0 fully saturated rings. The van der Waals surface area contributed by atoms with Gasteiger partial charge in [0, 0.05) is 18.3 Å². The van der Waals surface area contributed by atoms with Crippen molar-refractivity contribution in [2.24, 2.45) is 0 Å². The molecule has 0 aliphatic rings. The maximum absolute atomic E-state index is 12.9. The van der Waals surface area contributed by atoms with Gasteiger partial charge in [0.15, 0.2) is 0 Å². The number of rotatable bonds is 7. The van der Waals surface area contributed by atoms with Crippen molar-refractivity contribution in [3.8, 4) is 0 Å². The van der Waals surface area contributed by atoms with E-state index >= 15 is 0 Å². The number of carbonyl (C=O) groups excluding carboxylic acids is 1. The normalized spacial score (nSPS) is 11.4. The standard InChI is InChI=1S/C18H22FN3O3S/c1-13(2)22-26(24,25)12-15-6-4-3-5-14(15)11-20-18(23)21-17-9-7-16(19)8-10-17/h3-10,13,22H,11-12H2,1-2H3,(H2,20,21,23). The number of carbonyl (C=O) groups is 1. The zero-order valence-corrected chi connectivity index (χ0v) is 15.4. The van der Waals surface area contributed by atoms with Crippen LogP contribution in [0.3, 0.4) is 0 Å². The number of hydrogen-bond donors (Lipinski definition) is 3. The van der Waals surface area contributed by atoms with E-state index in [-0.39, 0.29) is 24.2 Å². The first kappa shape index (κ1) is 19.9. The number of amides is 2. The lowest BCUT2D eigenvalue weighted by atomic mass is 10.1. The molecule has 8 heteroatoms. The molecule has 0 saturated carbocycles. The molecule has 2 rings (SSSR count). The Morgan fingerprint density at radius 1 is 1.04 bits per heavy atom. The van der Waals surface area contributed by atoms with Gasteiger partial charge in [-0.3, -0.25) is 0 Å². The highest BCUT2D eigenvalue weighted by Gasteiger charge is 2.15. The maximum atomic E-state index is 12.9. The van der Waals surface area contributed by atoms with Crippen molar-refractivity contribution in [2.75, 3.05) is 5.32 Å². The molecule has 26 heavy (non-hydrogen) atoms. The van der Waals surface area contributed by atoms with Crippen molar-refractivity contribution in [1.82, 2.24) is 10.0 Å². The summed E-state index contributed by atoms with van der Waals surface area (Å²) in [6.45, 7) is 3.68. The number of anilines is 1. The zero-order chi connectivity index (χ0) is 19.2. The van der Waals surface area contributed by atoms with Gasteiger partial charge in [0.2, 0.25) is 10.0 Å². The van der Waals surface area contributed by atoms with Crippen molar-refractivity contribution in [1.29, 1.82) is 0 Å². The second-order valence-corrected chi connectivity index (χ2v) is 7.87. The SMILES string of the molecule is CC(C)NS(=O)(=O)Cc1ccccc1CNC(=O)Nc1ccc(F)cc1. The van der Waals surface area contributed by atoms with Gasteiger partial charge in [-0.05, 0) is 49.2 Å². The topological polar surface area (TPSA) is 87.3 Å². The average molecular weight is 379 g/mol. The summed E-state index contributed by atoms with van der Waals surface area (Å²) in [4.78, 5) is 12.0. The van der Waals surface area contributed by atoms with Crippen LogP contribution in [0.2, 0.25) is 0 Å². The van der Waals surface area contributed by atoms with Crippen LogP contribution >= 0.6 is 0 Å². The van der Waals surface area contributed by atoms with E-state index in [1.807, 2.05) is 0 Å². The van der Waals surface area contributed by atoms with Crippen molar-refractivity contribution >= 4 is 21.7 Å². The molecule has 6 nitrogen and oxygen atoms in total. The van der Waals surface area contributed by atoms with Crippen LogP contribution in [-0.4, -0.2) is 20.5 Å². The molecule has 0 aromatic heterocycles. The van der Waals surface area contributed by atoms with Crippen LogP contribution in [-0.2, 0) is 22.3 Å². The summed E-state index contributed by atoms with van der Waals surface area (Å²) in [5.74, 6) is -0.552. The van der Waals surface area contributed by atoms with E-state index in [0.717, 1.165) is 0 Å². The monoisotopic (exact) mass is 379 g/mol. The average Bonchev–Trinajstić information content (AvgIpc) is 2.54. The van der Waals surface area contributed by atoms with Crippen molar-refractivity contribution in [3.63, 3.8) is 0 Å². The van der Waals surface area contributed by atoms with Crippen LogP contribution in [0.1, 0.15) is 25.0 Å². The number of sulfonamides is 1. The first-order valence-corrected chi connectivity index (χ1v) is 9.77. The summed E-state index contributed by atoms with van der Waals surface area (Å²) in [7, 11) is -3.46. The lowest BCUT2D eigenvalue weighted by Crippen LogP contribution is -2.32. The second-order valence-electron chi connectivity index (χ2n) is 6.11. The Morgan fingerprint density at radius 2 is 1.65 bits per heavy atom. The van der Waals surface area contributed by atoms with Gasteiger partial charge in [-0.2, -0.15) is 0 Å².